The number of carboxylic acid groups (broad SMARTS) is 1. The number of carbonyl (C=O) groups is 2. The summed E-state index contributed by atoms with van der Waals surface area (Å²) in [5, 5.41) is 12.0. The van der Waals surface area contributed by atoms with Gasteiger partial charge in [0.15, 0.2) is 0 Å². The van der Waals surface area contributed by atoms with Crippen molar-refractivity contribution in [2.45, 2.75) is 12.5 Å². The number of rotatable bonds is 6. The summed E-state index contributed by atoms with van der Waals surface area (Å²) in [5.74, 6) is 0.225. The van der Waals surface area contributed by atoms with Crippen molar-refractivity contribution in [2.24, 2.45) is 0 Å². The Balaban J connectivity index is 2.82. The Hall–Kier alpha value is -2.28. The van der Waals surface area contributed by atoms with Crippen molar-refractivity contribution < 1.29 is 24.3 Å². The van der Waals surface area contributed by atoms with Crippen LogP contribution in [0.15, 0.2) is 24.3 Å². The van der Waals surface area contributed by atoms with Gasteiger partial charge in [0.05, 0.1) is 14.2 Å². The van der Waals surface area contributed by atoms with E-state index in [2.05, 4.69) is 5.32 Å². The molecule has 0 fully saturated rings. The molecule has 1 atom stereocenters. The number of nitrogens with zero attached hydrogens (tertiary/aromatic N) is 1. The zero-order chi connectivity index (χ0) is 15.1. The predicted octanol–water partition coefficient (Wildman–Crippen LogP) is 0.894. The van der Waals surface area contributed by atoms with Crippen LogP contribution in [-0.2, 0) is 16.1 Å². The zero-order valence-electron chi connectivity index (χ0n) is 11.6. The van der Waals surface area contributed by atoms with E-state index in [4.69, 9.17) is 14.7 Å². The second-order valence-electron chi connectivity index (χ2n) is 4.07. The lowest BCUT2D eigenvalue weighted by molar-refractivity contribution is -0.170. The van der Waals surface area contributed by atoms with Crippen LogP contribution < -0.4 is 10.1 Å². The molecule has 0 aliphatic rings. The lowest BCUT2D eigenvalue weighted by Crippen LogP contribution is -2.47. The summed E-state index contributed by atoms with van der Waals surface area (Å²) in [5.41, 5.74) is 0.808. The highest BCUT2D eigenvalue weighted by Crippen LogP contribution is 2.13. The number of benzene rings is 1. The van der Waals surface area contributed by atoms with Crippen molar-refractivity contribution >= 4 is 12.0 Å². The number of hydrogen-bond acceptors (Lipinski definition) is 4. The van der Waals surface area contributed by atoms with Crippen LogP contribution in [0.5, 0.6) is 5.75 Å². The van der Waals surface area contributed by atoms with Crippen LogP contribution in [0.25, 0.3) is 0 Å². The van der Waals surface area contributed by atoms with Gasteiger partial charge in [0.2, 0.25) is 0 Å². The van der Waals surface area contributed by atoms with E-state index in [0.29, 0.717) is 5.75 Å². The molecule has 0 saturated carbocycles. The molecule has 0 unspecified atom stereocenters. The maximum Gasteiger partial charge on any atom is 0.405 e. The van der Waals surface area contributed by atoms with E-state index in [1.54, 1.807) is 31.4 Å². The summed E-state index contributed by atoms with van der Waals surface area (Å²) in [7, 11) is 4.32. The minimum Gasteiger partial charge on any atom is -0.497 e. The van der Waals surface area contributed by atoms with Crippen molar-refractivity contribution in [2.75, 3.05) is 21.3 Å². The first-order chi connectivity index (χ1) is 9.47. The van der Waals surface area contributed by atoms with Gasteiger partial charge in [-0.25, -0.2) is 9.86 Å². The van der Waals surface area contributed by atoms with Gasteiger partial charge < -0.3 is 15.2 Å². The predicted molar refractivity (Wildman–Crippen MR) is 71.4 cm³/mol. The smallest absolute Gasteiger partial charge is 0.405 e. The molecule has 2 N–H and O–H groups in total. The number of methoxy groups -OCH3 is 1. The Morgan fingerprint density at radius 2 is 1.90 bits per heavy atom. The van der Waals surface area contributed by atoms with Crippen LogP contribution in [0, 0.1) is 0 Å². The molecule has 2 amide bonds. The van der Waals surface area contributed by atoms with Gasteiger partial charge in [-0.3, -0.25) is 9.63 Å². The third-order valence-corrected chi connectivity index (χ3v) is 2.78. The summed E-state index contributed by atoms with van der Waals surface area (Å²) in [6.45, 7) is 0. The first-order valence-corrected chi connectivity index (χ1v) is 5.92. The first kappa shape index (κ1) is 15.8. The van der Waals surface area contributed by atoms with Crippen LogP contribution in [0.1, 0.15) is 5.56 Å². The fourth-order valence-electron chi connectivity index (χ4n) is 1.66. The lowest BCUT2D eigenvalue weighted by Gasteiger charge is -2.21. The van der Waals surface area contributed by atoms with E-state index in [1.807, 2.05) is 0 Å². The molecule has 110 valence electrons. The molecular weight excluding hydrogens is 264 g/mol. The second-order valence-corrected chi connectivity index (χ2v) is 4.07. The van der Waals surface area contributed by atoms with Gasteiger partial charge in [-0.2, -0.15) is 0 Å². The van der Waals surface area contributed by atoms with E-state index in [9.17, 15) is 9.59 Å². The van der Waals surface area contributed by atoms with Crippen LogP contribution in [0.2, 0.25) is 0 Å². The maximum absolute atomic E-state index is 12.0. The van der Waals surface area contributed by atoms with E-state index in [-0.39, 0.29) is 6.42 Å². The molecule has 0 aliphatic carbocycles. The van der Waals surface area contributed by atoms with Crippen LogP contribution >= 0.6 is 0 Å². The standard InChI is InChI=1S/C13H18N2O5/c1-15(20-3)12(16)11(14-13(17)18)8-9-4-6-10(19-2)7-5-9/h4-7,11,14H,8H2,1-3H3,(H,17,18)/t11-/m0/s1. The monoisotopic (exact) mass is 282 g/mol. The number of hydrogen-bond donors (Lipinski definition) is 2. The Labute approximate surface area is 117 Å². The van der Waals surface area contributed by atoms with Crippen LogP contribution in [0.4, 0.5) is 4.79 Å². The molecule has 7 heteroatoms. The van der Waals surface area contributed by atoms with Crippen LogP contribution in [-0.4, -0.2) is 49.5 Å². The van der Waals surface area contributed by atoms with E-state index in [1.165, 1.54) is 14.2 Å². The Morgan fingerprint density at radius 3 is 2.35 bits per heavy atom. The minimum absolute atomic E-state index is 0.225. The normalized spacial score (nSPS) is 11.6. The van der Waals surface area contributed by atoms with Gasteiger partial charge in [-0.15, -0.1) is 0 Å². The second kappa shape index (κ2) is 7.34. The van der Waals surface area contributed by atoms with Crippen molar-refractivity contribution in [3.05, 3.63) is 29.8 Å². The Morgan fingerprint density at radius 1 is 1.30 bits per heavy atom. The number of nitrogens with one attached hydrogen (secondary N) is 1. The van der Waals surface area contributed by atoms with Gasteiger partial charge in [-0.1, -0.05) is 12.1 Å². The maximum atomic E-state index is 12.0. The van der Waals surface area contributed by atoms with Gasteiger partial charge in [-0.05, 0) is 17.7 Å². The van der Waals surface area contributed by atoms with Crippen molar-refractivity contribution in [1.82, 2.24) is 10.4 Å². The molecule has 0 spiro atoms. The van der Waals surface area contributed by atoms with E-state index >= 15 is 0 Å². The summed E-state index contributed by atoms with van der Waals surface area (Å²) < 4.78 is 5.04. The fourth-order valence-corrected chi connectivity index (χ4v) is 1.66. The number of likely N-dealkylation sites (N-methyl/N-ethyl adjacent to an activating group) is 1. The molecule has 0 bridgehead atoms. The molecule has 20 heavy (non-hydrogen) atoms. The average molecular weight is 282 g/mol. The number of carbonyl (C=O) groups excluding carboxylic acids is 1. The van der Waals surface area contributed by atoms with Gasteiger partial charge in [0.1, 0.15) is 11.8 Å². The summed E-state index contributed by atoms with van der Waals surface area (Å²) in [6, 6.07) is 6.13. The molecule has 0 heterocycles. The third-order valence-electron chi connectivity index (χ3n) is 2.78. The van der Waals surface area contributed by atoms with Crippen molar-refractivity contribution in [3.8, 4) is 5.75 Å². The average Bonchev–Trinajstić information content (AvgIpc) is 2.45. The first-order valence-electron chi connectivity index (χ1n) is 5.92. The molecule has 0 aliphatic heterocycles. The lowest BCUT2D eigenvalue weighted by atomic mass is 10.1. The van der Waals surface area contributed by atoms with Gasteiger partial charge >= 0.3 is 6.09 Å². The zero-order valence-corrected chi connectivity index (χ0v) is 11.6. The highest BCUT2D eigenvalue weighted by atomic mass is 16.7. The molecule has 1 aromatic rings. The number of hydroxylamine groups is 2. The molecular formula is C13H18N2O5. The summed E-state index contributed by atoms with van der Waals surface area (Å²) in [6.07, 6.45) is -1.04. The molecule has 1 aromatic carbocycles. The summed E-state index contributed by atoms with van der Waals surface area (Å²) in [4.78, 5) is 27.5. The largest absolute Gasteiger partial charge is 0.497 e. The summed E-state index contributed by atoms with van der Waals surface area (Å²) >= 11 is 0. The van der Waals surface area contributed by atoms with Gasteiger partial charge in [0.25, 0.3) is 5.91 Å². The third kappa shape index (κ3) is 4.43. The van der Waals surface area contributed by atoms with Crippen LogP contribution in [0.3, 0.4) is 0 Å². The van der Waals surface area contributed by atoms with Crippen molar-refractivity contribution in [1.29, 1.82) is 0 Å². The Bertz CT molecular complexity index is 460. The van der Waals surface area contributed by atoms with Crippen molar-refractivity contribution in [3.63, 3.8) is 0 Å². The topological polar surface area (TPSA) is 88.1 Å². The number of amides is 2. The highest BCUT2D eigenvalue weighted by Gasteiger charge is 2.24. The highest BCUT2D eigenvalue weighted by molar-refractivity contribution is 5.84. The van der Waals surface area contributed by atoms with E-state index < -0.39 is 18.0 Å². The molecule has 1 rings (SSSR count). The molecule has 0 saturated heterocycles. The van der Waals surface area contributed by atoms with Gasteiger partial charge in [0, 0.05) is 13.5 Å². The fraction of sp³-hybridized carbons (Fsp3) is 0.385. The Kier molecular flexibility index (Phi) is 5.79. The molecule has 0 radical (unpaired) electrons. The van der Waals surface area contributed by atoms with E-state index in [0.717, 1.165) is 10.6 Å². The SMILES string of the molecule is COc1ccc(C[C@H](NC(=O)O)C(=O)N(C)OC)cc1. The molecule has 7 nitrogen and oxygen atoms in total. The molecule has 0 aromatic heterocycles. The minimum atomic E-state index is -1.26. The number of ether oxygens (including phenoxy) is 1. The quantitative estimate of drug-likeness (QED) is 0.757.